The normalized spacial score (nSPS) is 17.4. The molecule has 0 saturated heterocycles. The first-order valence-corrected chi connectivity index (χ1v) is 7.83. The zero-order valence-corrected chi connectivity index (χ0v) is 12.2. The molecular formula is C15H23NOS. The predicted molar refractivity (Wildman–Crippen MR) is 79.0 cm³/mol. The van der Waals surface area contributed by atoms with Crippen molar-refractivity contribution in [3.63, 3.8) is 0 Å². The third-order valence-corrected chi connectivity index (χ3v) is 5.20. The molecule has 1 aliphatic rings. The molecule has 2 rings (SSSR count). The molecule has 100 valence electrons. The van der Waals surface area contributed by atoms with Gasteiger partial charge < -0.3 is 10.1 Å². The zero-order valence-electron chi connectivity index (χ0n) is 11.4. The van der Waals surface area contributed by atoms with Crippen LogP contribution in [0, 0.1) is 0 Å². The van der Waals surface area contributed by atoms with Gasteiger partial charge in [-0.15, -0.1) is 0 Å². The Morgan fingerprint density at radius 1 is 1.33 bits per heavy atom. The van der Waals surface area contributed by atoms with Gasteiger partial charge >= 0.3 is 0 Å². The van der Waals surface area contributed by atoms with E-state index in [9.17, 15) is 0 Å². The van der Waals surface area contributed by atoms with Crippen molar-refractivity contribution in [3.05, 3.63) is 35.4 Å². The quantitative estimate of drug-likeness (QED) is 0.818. The average Bonchev–Trinajstić information content (AvgIpc) is 2.34. The molecule has 1 aliphatic carbocycles. The van der Waals surface area contributed by atoms with Gasteiger partial charge in [-0.1, -0.05) is 30.7 Å². The van der Waals surface area contributed by atoms with Crippen molar-refractivity contribution in [2.24, 2.45) is 0 Å². The highest BCUT2D eigenvalue weighted by molar-refractivity contribution is 8.00. The summed E-state index contributed by atoms with van der Waals surface area (Å²) in [5.41, 5.74) is 2.60. The molecule has 0 unspecified atom stereocenters. The molecule has 18 heavy (non-hydrogen) atoms. The maximum Gasteiger partial charge on any atom is 0.0713 e. The lowest BCUT2D eigenvalue weighted by molar-refractivity contribution is 0.185. The third kappa shape index (κ3) is 3.50. The molecule has 1 saturated carbocycles. The molecule has 0 heterocycles. The first-order valence-electron chi connectivity index (χ1n) is 6.61. The third-order valence-electron chi connectivity index (χ3n) is 3.78. The molecular weight excluding hydrogens is 242 g/mol. The predicted octanol–water partition coefficient (Wildman–Crippen LogP) is 3.21. The number of ether oxygens (including phenoxy) is 1. The number of rotatable bonds is 7. The monoisotopic (exact) mass is 265 g/mol. The number of nitrogens with one attached hydrogen (secondary N) is 1. The van der Waals surface area contributed by atoms with Crippen molar-refractivity contribution in [1.82, 2.24) is 5.32 Å². The lowest BCUT2D eigenvalue weighted by atomic mass is 9.84. The highest BCUT2D eigenvalue weighted by Gasteiger charge is 2.35. The van der Waals surface area contributed by atoms with Crippen LogP contribution in [0.2, 0.25) is 0 Å². The average molecular weight is 265 g/mol. The van der Waals surface area contributed by atoms with Crippen LogP contribution in [0.5, 0.6) is 0 Å². The molecule has 1 fully saturated rings. The van der Waals surface area contributed by atoms with Gasteiger partial charge in [0.15, 0.2) is 0 Å². The molecule has 0 bridgehead atoms. The number of hydrogen-bond donors (Lipinski definition) is 1. The molecule has 3 heteroatoms. The molecule has 0 aliphatic heterocycles. The summed E-state index contributed by atoms with van der Waals surface area (Å²) in [6.45, 7) is 2.78. The van der Waals surface area contributed by atoms with E-state index in [1.54, 1.807) is 7.11 Å². The maximum atomic E-state index is 5.16. The van der Waals surface area contributed by atoms with Crippen LogP contribution < -0.4 is 5.32 Å². The minimum absolute atomic E-state index is 0.518. The van der Waals surface area contributed by atoms with Crippen LogP contribution in [0.1, 0.15) is 30.4 Å². The molecule has 0 spiro atoms. The van der Waals surface area contributed by atoms with E-state index in [0.717, 1.165) is 13.1 Å². The van der Waals surface area contributed by atoms with Crippen molar-refractivity contribution in [3.8, 4) is 0 Å². The lowest BCUT2D eigenvalue weighted by Gasteiger charge is -2.40. The van der Waals surface area contributed by atoms with Gasteiger partial charge in [0.1, 0.15) is 0 Å². The first-order chi connectivity index (χ1) is 8.78. The summed E-state index contributed by atoms with van der Waals surface area (Å²) < 4.78 is 5.68. The van der Waals surface area contributed by atoms with Gasteiger partial charge in [-0.2, -0.15) is 11.8 Å². The Morgan fingerprint density at radius 3 is 2.72 bits per heavy atom. The van der Waals surface area contributed by atoms with E-state index in [4.69, 9.17) is 4.74 Å². The second kappa shape index (κ2) is 6.60. The molecule has 1 aromatic rings. The fraction of sp³-hybridized carbons (Fsp3) is 0.600. The number of methoxy groups -OCH3 is 1. The van der Waals surface area contributed by atoms with Crippen LogP contribution in [0.15, 0.2) is 24.3 Å². The lowest BCUT2D eigenvalue weighted by Crippen LogP contribution is -2.43. The van der Waals surface area contributed by atoms with Gasteiger partial charge in [0, 0.05) is 24.9 Å². The Hall–Kier alpha value is -0.510. The molecule has 1 N–H and O–H groups in total. The Morgan fingerprint density at radius 2 is 2.11 bits per heavy atom. The summed E-state index contributed by atoms with van der Waals surface area (Å²) in [5.74, 6) is 0. The zero-order chi connectivity index (χ0) is 12.8. The summed E-state index contributed by atoms with van der Waals surface area (Å²) in [4.78, 5) is 0. The van der Waals surface area contributed by atoms with Crippen molar-refractivity contribution >= 4 is 11.8 Å². The summed E-state index contributed by atoms with van der Waals surface area (Å²) in [5, 5.41) is 3.60. The molecule has 1 aromatic carbocycles. The minimum atomic E-state index is 0.518. The van der Waals surface area contributed by atoms with Gasteiger partial charge in [0.05, 0.1) is 6.61 Å². The molecule has 2 nitrogen and oxygen atoms in total. The highest BCUT2D eigenvalue weighted by atomic mass is 32.2. The van der Waals surface area contributed by atoms with E-state index >= 15 is 0 Å². The second-order valence-electron chi connectivity index (χ2n) is 5.10. The Balaban J connectivity index is 1.80. The highest BCUT2D eigenvalue weighted by Crippen LogP contribution is 2.42. The summed E-state index contributed by atoms with van der Waals surface area (Å²) in [6, 6.07) is 8.63. The van der Waals surface area contributed by atoms with Gasteiger partial charge in [-0.05, 0) is 30.2 Å². The van der Waals surface area contributed by atoms with Crippen LogP contribution in [0.25, 0.3) is 0 Å². The number of benzene rings is 1. The van der Waals surface area contributed by atoms with Crippen LogP contribution in [-0.2, 0) is 17.9 Å². The van der Waals surface area contributed by atoms with Gasteiger partial charge in [-0.3, -0.25) is 0 Å². The van der Waals surface area contributed by atoms with E-state index in [1.807, 2.05) is 11.8 Å². The van der Waals surface area contributed by atoms with Crippen molar-refractivity contribution in [1.29, 1.82) is 0 Å². The fourth-order valence-corrected chi connectivity index (χ4v) is 3.40. The van der Waals surface area contributed by atoms with E-state index in [-0.39, 0.29) is 0 Å². The summed E-state index contributed by atoms with van der Waals surface area (Å²) in [7, 11) is 1.74. The maximum absolute atomic E-state index is 5.16. The Kier molecular flexibility index (Phi) is 5.10. The van der Waals surface area contributed by atoms with Crippen molar-refractivity contribution in [2.75, 3.05) is 19.9 Å². The minimum Gasteiger partial charge on any atom is -0.380 e. The number of thioether (sulfide) groups is 1. The van der Waals surface area contributed by atoms with Gasteiger partial charge in [-0.25, -0.2) is 0 Å². The van der Waals surface area contributed by atoms with Crippen LogP contribution in [0.3, 0.4) is 0 Å². The van der Waals surface area contributed by atoms with Crippen LogP contribution in [0.4, 0.5) is 0 Å². The SMILES string of the molecule is COCc1cccc(CNCC2(SC)CCC2)c1. The van der Waals surface area contributed by atoms with E-state index in [1.165, 1.54) is 30.4 Å². The standard InChI is InChI=1S/C15H23NOS/c1-17-11-14-6-3-5-13(9-14)10-16-12-15(18-2)7-4-8-15/h3,5-6,9,16H,4,7-8,10-12H2,1-2H3. The second-order valence-corrected chi connectivity index (χ2v) is 6.37. The van der Waals surface area contributed by atoms with Crippen LogP contribution in [-0.4, -0.2) is 24.7 Å². The van der Waals surface area contributed by atoms with Crippen molar-refractivity contribution < 1.29 is 4.74 Å². The number of hydrogen-bond acceptors (Lipinski definition) is 3. The molecule has 0 amide bonds. The molecule has 0 radical (unpaired) electrons. The van der Waals surface area contributed by atoms with Crippen LogP contribution >= 0.6 is 11.8 Å². The van der Waals surface area contributed by atoms with Gasteiger partial charge in [0.2, 0.25) is 0 Å². The van der Waals surface area contributed by atoms with E-state index < -0.39 is 0 Å². The fourth-order valence-electron chi connectivity index (χ4n) is 2.45. The summed E-state index contributed by atoms with van der Waals surface area (Å²) in [6.07, 6.45) is 6.36. The summed E-state index contributed by atoms with van der Waals surface area (Å²) >= 11 is 2.02. The Labute approximate surface area is 114 Å². The smallest absolute Gasteiger partial charge is 0.0713 e. The Bertz CT molecular complexity index is 371. The van der Waals surface area contributed by atoms with Crippen molar-refractivity contribution in [2.45, 2.75) is 37.2 Å². The largest absolute Gasteiger partial charge is 0.380 e. The van der Waals surface area contributed by atoms with E-state index in [2.05, 4.69) is 35.8 Å². The molecule has 0 atom stereocenters. The van der Waals surface area contributed by atoms with E-state index in [0.29, 0.717) is 11.4 Å². The molecule has 0 aromatic heterocycles. The first kappa shape index (κ1) is 13.9. The topological polar surface area (TPSA) is 21.3 Å². The van der Waals surface area contributed by atoms with Gasteiger partial charge in [0.25, 0.3) is 0 Å².